The molecule has 2 rings (SSSR count). The molecule has 0 aromatic rings. The summed E-state index contributed by atoms with van der Waals surface area (Å²) in [4.78, 5) is 24.7. The predicted molar refractivity (Wildman–Crippen MR) is 102 cm³/mol. The Morgan fingerprint density at radius 2 is 1.82 bits per heavy atom. The summed E-state index contributed by atoms with van der Waals surface area (Å²) in [6, 6.07) is 0. The first-order chi connectivity index (χ1) is 12.9. The van der Waals surface area contributed by atoms with Crippen molar-refractivity contribution >= 4 is 11.9 Å². The molecule has 7 atom stereocenters. The van der Waals surface area contributed by atoms with Gasteiger partial charge in [-0.2, -0.15) is 0 Å². The molecule has 0 aromatic heterocycles. The van der Waals surface area contributed by atoms with Crippen LogP contribution in [-0.4, -0.2) is 58.3 Å². The van der Waals surface area contributed by atoms with Gasteiger partial charge in [0.25, 0.3) is 0 Å². The maximum Gasteiger partial charge on any atom is 0.333 e. The molecule has 158 valence electrons. The average molecular weight is 396 g/mol. The first-order valence-corrected chi connectivity index (χ1v) is 9.60. The Hall–Kier alpha value is -1.70. The topological polar surface area (TPSA) is 113 Å². The number of methoxy groups -OCH3 is 1. The first-order valence-electron chi connectivity index (χ1n) is 9.60. The van der Waals surface area contributed by atoms with Crippen LogP contribution in [0.5, 0.6) is 0 Å². The third-order valence-electron chi connectivity index (χ3n) is 6.66. The van der Waals surface area contributed by atoms with Crippen molar-refractivity contribution in [1.82, 2.24) is 0 Å². The fourth-order valence-corrected chi connectivity index (χ4v) is 5.00. The molecule has 3 N–H and O–H groups in total. The highest BCUT2D eigenvalue weighted by Gasteiger charge is 2.63. The number of hydrogen-bond acceptors (Lipinski definition) is 7. The van der Waals surface area contributed by atoms with Crippen LogP contribution in [0.15, 0.2) is 23.8 Å². The number of carbonyl (C=O) groups is 2. The van der Waals surface area contributed by atoms with E-state index >= 15 is 0 Å². The highest BCUT2D eigenvalue weighted by molar-refractivity contribution is 5.89. The molecule has 7 heteroatoms. The first kappa shape index (κ1) is 22.6. The molecule has 2 aliphatic rings. The summed E-state index contributed by atoms with van der Waals surface area (Å²) in [7, 11) is 1.21. The Labute approximate surface area is 166 Å². The van der Waals surface area contributed by atoms with E-state index in [4.69, 9.17) is 9.47 Å². The molecule has 7 unspecified atom stereocenters. The number of carbonyl (C=O) groups excluding carboxylic acids is 2. The van der Waals surface area contributed by atoms with Gasteiger partial charge in [0.05, 0.1) is 30.8 Å². The van der Waals surface area contributed by atoms with Crippen LogP contribution in [0.2, 0.25) is 0 Å². The second kappa shape index (κ2) is 7.97. The zero-order valence-corrected chi connectivity index (χ0v) is 17.3. The van der Waals surface area contributed by atoms with Crippen LogP contribution < -0.4 is 0 Å². The van der Waals surface area contributed by atoms with Gasteiger partial charge in [-0.1, -0.05) is 19.6 Å². The normalized spacial score (nSPS) is 41.0. The number of ether oxygens (including phenoxy) is 2. The molecular weight excluding hydrogens is 364 g/mol. The number of hydrogen-bond donors (Lipinski definition) is 3. The molecule has 0 radical (unpaired) electrons. The minimum Gasteiger partial charge on any atom is -0.466 e. The van der Waals surface area contributed by atoms with E-state index in [0.717, 1.165) is 0 Å². The van der Waals surface area contributed by atoms with E-state index < -0.39 is 53.1 Å². The van der Waals surface area contributed by atoms with E-state index in [0.29, 0.717) is 18.4 Å². The lowest BCUT2D eigenvalue weighted by atomic mass is 9.50. The Kier molecular flexibility index (Phi) is 6.43. The van der Waals surface area contributed by atoms with Gasteiger partial charge in [-0.3, -0.25) is 0 Å². The second-order valence-electron chi connectivity index (χ2n) is 8.55. The lowest BCUT2D eigenvalue weighted by molar-refractivity contribution is -0.239. The molecular formula is C21H32O7. The summed E-state index contributed by atoms with van der Waals surface area (Å²) < 4.78 is 10.5. The van der Waals surface area contributed by atoms with Crippen LogP contribution in [0.3, 0.4) is 0 Å². The molecule has 0 aromatic carbocycles. The molecule has 0 bridgehead atoms. The summed E-state index contributed by atoms with van der Waals surface area (Å²) in [6.45, 7) is 10.5. The van der Waals surface area contributed by atoms with Gasteiger partial charge in [0.1, 0.15) is 6.10 Å². The van der Waals surface area contributed by atoms with Crippen molar-refractivity contribution in [3.63, 3.8) is 0 Å². The van der Waals surface area contributed by atoms with E-state index in [9.17, 15) is 24.9 Å². The van der Waals surface area contributed by atoms with Gasteiger partial charge >= 0.3 is 11.9 Å². The Morgan fingerprint density at radius 3 is 2.36 bits per heavy atom. The monoisotopic (exact) mass is 396 g/mol. The van der Waals surface area contributed by atoms with Crippen molar-refractivity contribution < 1.29 is 34.4 Å². The minimum absolute atomic E-state index is 0.0242. The Morgan fingerprint density at radius 1 is 1.21 bits per heavy atom. The van der Waals surface area contributed by atoms with E-state index in [1.165, 1.54) is 7.11 Å². The molecule has 7 nitrogen and oxygen atoms in total. The number of allylic oxidation sites excluding steroid dienone is 1. The molecule has 0 spiro atoms. The van der Waals surface area contributed by atoms with E-state index in [-0.39, 0.29) is 12.0 Å². The zero-order valence-electron chi connectivity index (χ0n) is 17.3. The molecule has 0 saturated heterocycles. The maximum absolute atomic E-state index is 12.6. The summed E-state index contributed by atoms with van der Waals surface area (Å²) >= 11 is 0. The van der Waals surface area contributed by atoms with Crippen molar-refractivity contribution in [2.75, 3.05) is 7.11 Å². The Bertz CT molecular complexity index is 680. The highest BCUT2D eigenvalue weighted by Crippen LogP contribution is 2.57. The molecule has 0 aliphatic heterocycles. The van der Waals surface area contributed by atoms with Crippen LogP contribution in [0.4, 0.5) is 0 Å². The molecule has 2 aliphatic carbocycles. The number of aliphatic hydroxyl groups excluding tert-OH is 2. The zero-order chi connectivity index (χ0) is 21.4. The SMILES string of the molecule is C=C(C(=O)OC)C1C(O)CC2(C)C(O)CCC(C)(O)C2C1OC(=O)C(C)=CC. The predicted octanol–water partition coefficient (Wildman–Crippen LogP) is 1.50. The van der Waals surface area contributed by atoms with Gasteiger partial charge in [-0.05, 0) is 40.0 Å². The number of aliphatic hydroxyl groups is 3. The van der Waals surface area contributed by atoms with E-state index in [1.807, 2.05) is 0 Å². The van der Waals surface area contributed by atoms with Crippen molar-refractivity contribution in [1.29, 1.82) is 0 Å². The third kappa shape index (κ3) is 3.75. The van der Waals surface area contributed by atoms with Gasteiger partial charge in [-0.25, -0.2) is 9.59 Å². The smallest absolute Gasteiger partial charge is 0.333 e. The molecule has 0 heterocycles. The summed E-state index contributed by atoms with van der Waals surface area (Å²) in [5.74, 6) is -2.97. The number of rotatable bonds is 4. The minimum atomic E-state index is -1.27. The van der Waals surface area contributed by atoms with Gasteiger partial charge < -0.3 is 24.8 Å². The molecule has 0 amide bonds. The van der Waals surface area contributed by atoms with Crippen molar-refractivity contribution in [3.05, 3.63) is 23.8 Å². The third-order valence-corrected chi connectivity index (χ3v) is 6.66. The molecule has 2 fully saturated rings. The number of fused-ring (bicyclic) bond motifs is 1. The van der Waals surface area contributed by atoms with Crippen LogP contribution in [0, 0.1) is 17.3 Å². The van der Waals surface area contributed by atoms with Crippen LogP contribution >= 0.6 is 0 Å². The van der Waals surface area contributed by atoms with Crippen molar-refractivity contribution in [2.24, 2.45) is 17.3 Å². The maximum atomic E-state index is 12.6. The molecule has 2 saturated carbocycles. The fraction of sp³-hybridized carbons (Fsp3) is 0.714. The van der Waals surface area contributed by atoms with E-state index in [2.05, 4.69) is 6.58 Å². The van der Waals surface area contributed by atoms with Gasteiger partial charge in [0, 0.05) is 22.5 Å². The standard InChI is InChI=1S/C21H32O7/c1-7-11(2)18(24)28-16-15(12(3)19(25)27-6)13(22)10-20(4)14(23)8-9-21(5,26)17(16)20/h7,13-17,22-23,26H,3,8-10H2,1-2,4-6H3. The summed E-state index contributed by atoms with van der Waals surface area (Å²) in [5, 5.41) is 32.8. The summed E-state index contributed by atoms with van der Waals surface area (Å²) in [6.07, 6.45) is -0.537. The summed E-state index contributed by atoms with van der Waals surface area (Å²) in [5.41, 5.74) is -1.83. The number of esters is 2. The van der Waals surface area contributed by atoms with Gasteiger partial charge in [-0.15, -0.1) is 0 Å². The van der Waals surface area contributed by atoms with Gasteiger partial charge in [0.2, 0.25) is 0 Å². The fourth-order valence-electron chi connectivity index (χ4n) is 5.00. The lowest BCUT2D eigenvalue weighted by Crippen LogP contribution is -2.66. The largest absolute Gasteiger partial charge is 0.466 e. The molecule has 28 heavy (non-hydrogen) atoms. The van der Waals surface area contributed by atoms with Crippen LogP contribution in [-0.2, 0) is 19.1 Å². The van der Waals surface area contributed by atoms with Crippen LogP contribution in [0.25, 0.3) is 0 Å². The van der Waals surface area contributed by atoms with Crippen LogP contribution in [0.1, 0.15) is 47.0 Å². The highest BCUT2D eigenvalue weighted by atomic mass is 16.5. The average Bonchev–Trinajstić information content (AvgIpc) is 2.62. The Balaban J connectivity index is 2.58. The van der Waals surface area contributed by atoms with E-state index in [1.54, 1.807) is 33.8 Å². The van der Waals surface area contributed by atoms with Gasteiger partial charge in [0.15, 0.2) is 0 Å². The lowest BCUT2D eigenvalue weighted by Gasteiger charge is -2.59. The second-order valence-corrected chi connectivity index (χ2v) is 8.55. The van der Waals surface area contributed by atoms with Crippen molar-refractivity contribution in [2.45, 2.75) is 70.9 Å². The quantitative estimate of drug-likeness (QED) is 0.487. The van der Waals surface area contributed by atoms with Crippen molar-refractivity contribution in [3.8, 4) is 0 Å².